The summed E-state index contributed by atoms with van der Waals surface area (Å²) in [6, 6.07) is 11.4. The highest BCUT2D eigenvalue weighted by Crippen LogP contribution is 2.28. The molecule has 1 amide bonds. The highest BCUT2D eigenvalue weighted by molar-refractivity contribution is 5.94. The number of hydrogen-bond donors (Lipinski definition) is 1. The number of aryl methyl sites for hydroxylation is 1. The molecule has 0 bridgehead atoms. The fraction of sp³-hybridized carbons (Fsp3) is 0.235. The van der Waals surface area contributed by atoms with Crippen molar-refractivity contribution in [3.63, 3.8) is 0 Å². The summed E-state index contributed by atoms with van der Waals surface area (Å²) in [5.74, 6) is 0.0820. The number of methoxy groups -OCH3 is 1. The van der Waals surface area contributed by atoms with Crippen molar-refractivity contribution >= 4 is 11.6 Å². The first-order chi connectivity index (χ1) is 10.5. The van der Waals surface area contributed by atoms with Gasteiger partial charge in [-0.05, 0) is 43.7 Å². The monoisotopic (exact) mass is 303 g/mol. The molecule has 0 aliphatic carbocycles. The van der Waals surface area contributed by atoms with E-state index in [1.54, 1.807) is 25.1 Å². The first kappa shape index (κ1) is 15.8. The average Bonchev–Trinajstić information content (AvgIpc) is 2.51. The Morgan fingerprint density at radius 1 is 1.18 bits per heavy atom. The van der Waals surface area contributed by atoms with Gasteiger partial charge in [0.1, 0.15) is 5.82 Å². The lowest BCUT2D eigenvalue weighted by molar-refractivity contribution is -0.122. The normalized spacial score (nSPS) is 11.6. The SMILES string of the molecule is COc1cc(C)ccc1O[C@H](C)C(=O)Nc1ccccc1F. The zero-order valence-corrected chi connectivity index (χ0v) is 12.7. The van der Waals surface area contributed by atoms with Crippen LogP contribution in [-0.4, -0.2) is 19.1 Å². The van der Waals surface area contributed by atoms with Crippen LogP contribution in [0.5, 0.6) is 11.5 Å². The van der Waals surface area contributed by atoms with Gasteiger partial charge < -0.3 is 14.8 Å². The van der Waals surface area contributed by atoms with Gasteiger partial charge in [-0.2, -0.15) is 0 Å². The molecule has 0 heterocycles. The predicted octanol–water partition coefficient (Wildman–Crippen LogP) is 3.55. The van der Waals surface area contributed by atoms with Gasteiger partial charge in [-0.25, -0.2) is 4.39 Å². The van der Waals surface area contributed by atoms with Crippen LogP contribution in [0.2, 0.25) is 0 Å². The number of halogens is 1. The molecule has 0 radical (unpaired) electrons. The van der Waals surface area contributed by atoms with E-state index in [2.05, 4.69) is 5.32 Å². The number of carbonyl (C=O) groups is 1. The summed E-state index contributed by atoms with van der Waals surface area (Å²) >= 11 is 0. The quantitative estimate of drug-likeness (QED) is 0.919. The first-order valence-electron chi connectivity index (χ1n) is 6.88. The maximum atomic E-state index is 13.5. The molecule has 0 saturated carbocycles. The molecule has 1 atom stereocenters. The van der Waals surface area contributed by atoms with Gasteiger partial charge in [0, 0.05) is 0 Å². The average molecular weight is 303 g/mol. The van der Waals surface area contributed by atoms with Gasteiger partial charge >= 0.3 is 0 Å². The van der Waals surface area contributed by atoms with Crippen LogP contribution < -0.4 is 14.8 Å². The van der Waals surface area contributed by atoms with Gasteiger partial charge in [0.25, 0.3) is 5.91 Å². The van der Waals surface area contributed by atoms with Crippen molar-refractivity contribution in [1.29, 1.82) is 0 Å². The molecular weight excluding hydrogens is 285 g/mol. The number of nitrogens with one attached hydrogen (secondary N) is 1. The number of rotatable bonds is 5. The number of amides is 1. The minimum Gasteiger partial charge on any atom is -0.493 e. The molecule has 116 valence electrons. The van der Waals surface area contributed by atoms with Gasteiger partial charge in [0.2, 0.25) is 0 Å². The molecule has 0 spiro atoms. The molecule has 2 aromatic carbocycles. The van der Waals surface area contributed by atoms with Crippen LogP contribution in [0, 0.1) is 12.7 Å². The van der Waals surface area contributed by atoms with E-state index in [0.717, 1.165) is 5.56 Å². The zero-order chi connectivity index (χ0) is 16.1. The maximum absolute atomic E-state index is 13.5. The number of hydrogen-bond acceptors (Lipinski definition) is 3. The van der Waals surface area contributed by atoms with Crippen LogP contribution in [0.4, 0.5) is 10.1 Å². The molecular formula is C17H18FNO3. The summed E-state index contributed by atoms with van der Waals surface area (Å²) in [6.07, 6.45) is -0.795. The molecule has 0 aliphatic heterocycles. The second-order valence-corrected chi connectivity index (χ2v) is 4.88. The summed E-state index contributed by atoms with van der Waals surface area (Å²) in [5.41, 5.74) is 1.14. The van der Waals surface area contributed by atoms with E-state index < -0.39 is 17.8 Å². The van der Waals surface area contributed by atoms with Crippen molar-refractivity contribution in [3.05, 3.63) is 53.8 Å². The van der Waals surface area contributed by atoms with Crippen LogP contribution in [-0.2, 0) is 4.79 Å². The van der Waals surface area contributed by atoms with Crippen molar-refractivity contribution in [1.82, 2.24) is 0 Å². The van der Waals surface area contributed by atoms with Gasteiger partial charge in [-0.15, -0.1) is 0 Å². The Kier molecular flexibility index (Phi) is 4.99. The fourth-order valence-corrected chi connectivity index (χ4v) is 1.91. The third kappa shape index (κ3) is 3.75. The Morgan fingerprint density at radius 3 is 2.59 bits per heavy atom. The van der Waals surface area contributed by atoms with Gasteiger partial charge in [-0.3, -0.25) is 4.79 Å². The van der Waals surface area contributed by atoms with Crippen molar-refractivity contribution in [2.24, 2.45) is 0 Å². The molecule has 0 saturated heterocycles. The molecule has 0 aromatic heterocycles. The van der Waals surface area contributed by atoms with E-state index in [4.69, 9.17) is 9.47 Å². The molecule has 1 N–H and O–H groups in total. The van der Waals surface area contributed by atoms with Gasteiger partial charge in [-0.1, -0.05) is 18.2 Å². The standard InChI is InChI=1S/C17H18FNO3/c1-11-8-9-15(16(10-11)21-3)22-12(2)17(20)19-14-7-5-4-6-13(14)18/h4-10,12H,1-3H3,(H,19,20)/t12-/m1/s1. The summed E-state index contributed by atoms with van der Waals surface area (Å²) < 4.78 is 24.4. The Labute approximate surface area is 128 Å². The van der Waals surface area contributed by atoms with E-state index >= 15 is 0 Å². The smallest absolute Gasteiger partial charge is 0.265 e. The lowest BCUT2D eigenvalue weighted by Gasteiger charge is -2.17. The lowest BCUT2D eigenvalue weighted by Crippen LogP contribution is -2.30. The number of para-hydroxylation sites is 1. The Bertz CT molecular complexity index is 673. The minimum atomic E-state index is -0.795. The van der Waals surface area contributed by atoms with Crippen LogP contribution in [0.15, 0.2) is 42.5 Å². The molecule has 0 unspecified atom stereocenters. The summed E-state index contributed by atoms with van der Waals surface area (Å²) in [4.78, 5) is 12.1. The van der Waals surface area contributed by atoms with Crippen molar-refractivity contribution in [2.45, 2.75) is 20.0 Å². The van der Waals surface area contributed by atoms with E-state index in [0.29, 0.717) is 11.5 Å². The predicted molar refractivity (Wildman–Crippen MR) is 82.9 cm³/mol. The third-order valence-electron chi connectivity index (χ3n) is 3.12. The third-order valence-corrected chi connectivity index (χ3v) is 3.12. The van der Waals surface area contributed by atoms with E-state index in [1.807, 2.05) is 19.1 Å². The molecule has 4 nitrogen and oxygen atoms in total. The van der Waals surface area contributed by atoms with Crippen LogP contribution in [0.25, 0.3) is 0 Å². The molecule has 2 rings (SSSR count). The molecule has 0 fully saturated rings. The van der Waals surface area contributed by atoms with Crippen molar-refractivity contribution in [3.8, 4) is 11.5 Å². The fourth-order valence-electron chi connectivity index (χ4n) is 1.91. The molecule has 5 heteroatoms. The van der Waals surface area contributed by atoms with Crippen LogP contribution in [0.3, 0.4) is 0 Å². The molecule has 0 aliphatic rings. The maximum Gasteiger partial charge on any atom is 0.265 e. The highest BCUT2D eigenvalue weighted by Gasteiger charge is 2.18. The zero-order valence-electron chi connectivity index (χ0n) is 12.7. The number of ether oxygens (including phenoxy) is 2. The number of benzene rings is 2. The molecule has 22 heavy (non-hydrogen) atoms. The number of anilines is 1. The largest absolute Gasteiger partial charge is 0.493 e. The van der Waals surface area contributed by atoms with Crippen LogP contribution in [0.1, 0.15) is 12.5 Å². The lowest BCUT2D eigenvalue weighted by atomic mass is 10.2. The Morgan fingerprint density at radius 2 is 1.91 bits per heavy atom. The minimum absolute atomic E-state index is 0.124. The summed E-state index contributed by atoms with van der Waals surface area (Å²) in [6.45, 7) is 3.52. The summed E-state index contributed by atoms with van der Waals surface area (Å²) in [7, 11) is 1.53. The van der Waals surface area contributed by atoms with Crippen molar-refractivity contribution < 1.29 is 18.7 Å². The van der Waals surface area contributed by atoms with E-state index in [1.165, 1.54) is 19.2 Å². The molecule has 2 aromatic rings. The highest BCUT2D eigenvalue weighted by atomic mass is 19.1. The second kappa shape index (κ2) is 6.93. The Hall–Kier alpha value is -2.56. The summed E-state index contributed by atoms with van der Waals surface area (Å²) in [5, 5.41) is 2.50. The second-order valence-electron chi connectivity index (χ2n) is 4.88. The first-order valence-corrected chi connectivity index (χ1v) is 6.88. The Balaban J connectivity index is 2.07. The van der Waals surface area contributed by atoms with E-state index in [9.17, 15) is 9.18 Å². The van der Waals surface area contributed by atoms with E-state index in [-0.39, 0.29) is 5.69 Å². The van der Waals surface area contributed by atoms with Crippen molar-refractivity contribution in [2.75, 3.05) is 12.4 Å². The van der Waals surface area contributed by atoms with Gasteiger partial charge in [0.15, 0.2) is 17.6 Å². The van der Waals surface area contributed by atoms with Crippen LogP contribution >= 0.6 is 0 Å². The van der Waals surface area contributed by atoms with Gasteiger partial charge in [0.05, 0.1) is 12.8 Å². The topological polar surface area (TPSA) is 47.6 Å². The number of carbonyl (C=O) groups excluding carboxylic acids is 1.